The molecule has 0 saturated heterocycles. The highest BCUT2D eigenvalue weighted by Gasteiger charge is 2.02. The summed E-state index contributed by atoms with van der Waals surface area (Å²) in [5.41, 5.74) is 0. The zero-order chi connectivity index (χ0) is 9.73. The number of sulfonamides is 1. The van der Waals surface area contributed by atoms with Crippen LogP contribution in [0.5, 0.6) is 0 Å². The molecule has 74 valence electrons. The third kappa shape index (κ3) is 4.50. The molecular formula is C4H10N6O2S. The molecule has 0 bridgehead atoms. The Morgan fingerprint density at radius 2 is 2.31 bits per heavy atom. The maximum absolute atomic E-state index is 10.5. The van der Waals surface area contributed by atoms with Crippen LogP contribution in [0.2, 0.25) is 0 Å². The first-order valence-corrected chi connectivity index (χ1v) is 5.23. The van der Waals surface area contributed by atoms with Crippen molar-refractivity contribution in [1.82, 2.24) is 25.9 Å². The van der Waals surface area contributed by atoms with Gasteiger partial charge in [-0.2, -0.15) is 5.21 Å². The summed E-state index contributed by atoms with van der Waals surface area (Å²) in [6.07, 6.45) is 0. The zero-order valence-corrected chi connectivity index (χ0v) is 7.58. The fourth-order valence-electron chi connectivity index (χ4n) is 0.672. The molecule has 0 amide bonds. The third-order valence-corrected chi connectivity index (χ3v) is 2.01. The van der Waals surface area contributed by atoms with Crippen LogP contribution in [-0.2, 0) is 16.6 Å². The van der Waals surface area contributed by atoms with Crippen molar-refractivity contribution < 1.29 is 8.42 Å². The van der Waals surface area contributed by atoms with Crippen molar-refractivity contribution >= 4 is 10.0 Å². The van der Waals surface area contributed by atoms with E-state index in [1.165, 1.54) is 0 Å². The molecule has 0 atom stereocenters. The fraction of sp³-hybridized carbons (Fsp3) is 0.750. The second-order valence-electron chi connectivity index (χ2n) is 2.37. The highest BCUT2D eigenvalue weighted by Crippen LogP contribution is 1.81. The number of tetrazole rings is 1. The molecule has 0 aliphatic rings. The summed E-state index contributed by atoms with van der Waals surface area (Å²) in [5.74, 6) is 0.375. The molecular weight excluding hydrogens is 196 g/mol. The Labute approximate surface area is 75.0 Å². The number of H-pyrrole nitrogens is 1. The normalized spacial score (nSPS) is 11.8. The molecule has 0 aromatic carbocycles. The van der Waals surface area contributed by atoms with E-state index >= 15 is 0 Å². The highest BCUT2D eigenvalue weighted by atomic mass is 32.2. The third-order valence-electron chi connectivity index (χ3n) is 1.24. The van der Waals surface area contributed by atoms with Crippen molar-refractivity contribution in [1.29, 1.82) is 0 Å². The van der Waals surface area contributed by atoms with E-state index in [0.717, 1.165) is 0 Å². The Kier molecular flexibility index (Phi) is 3.28. The number of hydrogen-bond acceptors (Lipinski definition) is 6. The molecule has 1 heterocycles. The van der Waals surface area contributed by atoms with Crippen LogP contribution in [0.3, 0.4) is 0 Å². The van der Waals surface area contributed by atoms with E-state index in [2.05, 4.69) is 25.9 Å². The lowest BCUT2D eigenvalue weighted by molar-refractivity contribution is 0.591. The van der Waals surface area contributed by atoms with Gasteiger partial charge in [-0.1, -0.05) is 5.21 Å². The summed E-state index contributed by atoms with van der Waals surface area (Å²) in [6, 6.07) is 0. The van der Waals surface area contributed by atoms with Gasteiger partial charge in [0, 0.05) is 6.54 Å². The first kappa shape index (κ1) is 10.0. The van der Waals surface area contributed by atoms with E-state index in [1.54, 1.807) is 0 Å². The number of rotatable bonds is 5. The second-order valence-corrected chi connectivity index (χ2v) is 4.11. The molecule has 8 nitrogen and oxygen atoms in total. The zero-order valence-electron chi connectivity index (χ0n) is 6.77. The molecule has 0 spiro atoms. The topological polar surface area (TPSA) is 127 Å². The smallest absolute Gasteiger partial charge is 0.210 e. The van der Waals surface area contributed by atoms with Gasteiger partial charge in [0.1, 0.15) is 0 Å². The lowest BCUT2D eigenvalue weighted by Gasteiger charge is -1.98. The molecule has 0 fully saturated rings. The van der Waals surface area contributed by atoms with Crippen LogP contribution in [0.15, 0.2) is 0 Å². The van der Waals surface area contributed by atoms with Gasteiger partial charge in [-0.15, -0.1) is 10.2 Å². The Bertz CT molecular complexity index is 332. The van der Waals surface area contributed by atoms with Gasteiger partial charge in [-0.25, -0.2) is 13.6 Å². The standard InChI is InChI=1S/C4H10N6O2S/c5-13(11,12)2-1-6-3-4-7-9-10-8-4/h6H,1-3H2,(H2,5,11,12)(H,7,8,9,10). The Morgan fingerprint density at radius 3 is 2.85 bits per heavy atom. The average molecular weight is 206 g/mol. The number of hydrogen-bond donors (Lipinski definition) is 3. The Balaban J connectivity index is 2.16. The molecule has 1 aromatic heterocycles. The minimum Gasteiger partial charge on any atom is -0.309 e. The SMILES string of the molecule is NS(=O)(=O)CCNCc1nn[nH]n1. The lowest BCUT2D eigenvalue weighted by Crippen LogP contribution is -2.27. The molecule has 13 heavy (non-hydrogen) atoms. The molecule has 1 rings (SSSR count). The fourth-order valence-corrected chi connectivity index (χ4v) is 1.10. The van der Waals surface area contributed by atoms with Gasteiger partial charge in [0.15, 0.2) is 5.82 Å². The lowest BCUT2D eigenvalue weighted by atomic mass is 10.6. The van der Waals surface area contributed by atoms with Crippen LogP contribution in [0.4, 0.5) is 0 Å². The summed E-state index contributed by atoms with van der Waals surface area (Å²) in [5, 5.41) is 20.5. The van der Waals surface area contributed by atoms with Crippen molar-refractivity contribution in [2.45, 2.75) is 6.54 Å². The molecule has 1 aromatic rings. The van der Waals surface area contributed by atoms with Crippen molar-refractivity contribution in [2.75, 3.05) is 12.3 Å². The van der Waals surface area contributed by atoms with Crippen molar-refractivity contribution in [2.24, 2.45) is 5.14 Å². The molecule has 0 aliphatic carbocycles. The Morgan fingerprint density at radius 1 is 1.54 bits per heavy atom. The summed E-state index contributed by atoms with van der Waals surface area (Å²) >= 11 is 0. The van der Waals surface area contributed by atoms with Crippen LogP contribution in [0.25, 0.3) is 0 Å². The maximum Gasteiger partial charge on any atom is 0.210 e. The van der Waals surface area contributed by atoms with Crippen molar-refractivity contribution in [3.8, 4) is 0 Å². The molecule has 0 aliphatic heterocycles. The first-order chi connectivity index (χ1) is 6.08. The number of nitrogens with one attached hydrogen (secondary N) is 2. The number of nitrogens with zero attached hydrogens (tertiary/aromatic N) is 3. The van der Waals surface area contributed by atoms with Gasteiger partial charge in [0.05, 0.1) is 12.3 Å². The minimum absolute atomic E-state index is 0.106. The molecule has 0 saturated carbocycles. The molecule has 0 radical (unpaired) electrons. The van der Waals surface area contributed by atoms with Crippen LogP contribution in [0, 0.1) is 0 Å². The van der Waals surface area contributed by atoms with E-state index in [1.807, 2.05) is 0 Å². The van der Waals surface area contributed by atoms with Crippen LogP contribution in [-0.4, -0.2) is 41.3 Å². The Hall–Kier alpha value is -1.06. The van der Waals surface area contributed by atoms with Gasteiger partial charge in [-0.3, -0.25) is 0 Å². The van der Waals surface area contributed by atoms with E-state index in [9.17, 15) is 8.42 Å². The second kappa shape index (κ2) is 4.25. The average Bonchev–Trinajstić information content (AvgIpc) is 2.48. The van der Waals surface area contributed by atoms with Crippen LogP contribution in [0.1, 0.15) is 5.82 Å². The number of primary sulfonamides is 1. The minimum atomic E-state index is -3.39. The molecule has 9 heteroatoms. The number of nitrogens with two attached hydrogens (primary N) is 1. The summed E-state index contributed by atoms with van der Waals surface area (Å²) in [7, 11) is -3.39. The predicted molar refractivity (Wildman–Crippen MR) is 43.9 cm³/mol. The van der Waals surface area contributed by atoms with Gasteiger partial charge in [-0.05, 0) is 0 Å². The van der Waals surface area contributed by atoms with E-state index in [4.69, 9.17) is 5.14 Å². The van der Waals surface area contributed by atoms with E-state index < -0.39 is 10.0 Å². The van der Waals surface area contributed by atoms with E-state index in [-0.39, 0.29) is 12.3 Å². The first-order valence-electron chi connectivity index (χ1n) is 3.51. The van der Waals surface area contributed by atoms with E-state index in [0.29, 0.717) is 12.4 Å². The van der Waals surface area contributed by atoms with Gasteiger partial charge < -0.3 is 5.32 Å². The highest BCUT2D eigenvalue weighted by molar-refractivity contribution is 7.89. The van der Waals surface area contributed by atoms with Crippen LogP contribution < -0.4 is 10.5 Å². The summed E-state index contributed by atoms with van der Waals surface area (Å²) < 4.78 is 21.0. The number of aromatic amines is 1. The predicted octanol–water partition coefficient (Wildman–Crippen LogP) is -2.42. The van der Waals surface area contributed by atoms with Crippen molar-refractivity contribution in [3.63, 3.8) is 0 Å². The quantitative estimate of drug-likeness (QED) is 0.460. The largest absolute Gasteiger partial charge is 0.309 e. The summed E-state index contributed by atoms with van der Waals surface area (Å²) in [6.45, 7) is 0.638. The monoisotopic (exact) mass is 206 g/mol. The summed E-state index contributed by atoms with van der Waals surface area (Å²) in [4.78, 5) is 0. The van der Waals surface area contributed by atoms with Crippen LogP contribution >= 0.6 is 0 Å². The van der Waals surface area contributed by atoms with Gasteiger partial charge in [0.25, 0.3) is 0 Å². The van der Waals surface area contributed by atoms with Gasteiger partial charge in [0.2, 0.25) is 10.0 Å². The maximum atomic E-state index is 10.5. The van der Waals surface area contributed by atoms with Gasteiger partial charge >= 0.3 is 0 Å². The molecule has 4 N–H and O–H groups in total. The van der Waals surface area contributed by atoms with Crippen molar-refractivity contribution in [3.05, 3.63) is 5.82 Å². The number of aromatic nitrogens is 4. The molecule has 0 unspecified atom stereocenters.